The van der Waals surface area contributed by atoms with Gasteiger partial charge in [-0.2, -0.15) is 5.26 Å². The molecule has 1 aromatic carbocycles. The summed E-state index contributed by atoms with van der Waals surface area (Å²) in [6.07, 6.45) is 1.30. The predicted octanol–water partition coefficient (Wildman–Crippen LogP) is 0.457. The minimum atomic E-state index is -0.481. The van der Waals surface area contributed by atoms with Crippen LogP contribution < -0.4 is 11.2 Å². The zero-order valence-electron chi connectivity index (χ0n) is 8.88. The predicted molar refractivity (Wildman–Crippen MR) is 61.6 cm³/mol. The highest BCUT2D eigenvalue weighted by atomic mass is 16.2. The number of H-pyrrole nitrogens is 1. The van der Waals surface area contributed by atoms with E-state index in [2.05, 4.69) is 4.98 Å². The van der Waals surface area contributed by atoms with Crippen LogP contribution in [0.2, 0.25) is 0 Å². The molecule has 5 nitrogen and oxygen atoms in total. The molecule has 0 atom stereocenters. The summed E-state index contributed by atoms with van der Waals surface area (Å²) < 4.78 is 1.05. The molecule has 0 aliphatic rings. The fourth-order valence-corrected chi connectivity index (χ4v) is 1.54. The maximum absolute atomic E-state index is 11.5. The van der Waals surface area contributed by atoms with Crippen LogP contribution in [0.3, 0.4) is 0 Å². The van der Waals surface area contributed by atoms with Crippen LogP contribution in [-0.4, -0.2) is 9.55 Å². The van der Waals surface area contributed by atoms with Gasteiger partial charge in [0.15, 0.2) is 0 Å². The van der Waals surface area contributed by atoms with Crippen molar-refractivity contribution in [2.75, 3.05) is 0 Å². The molecular formula is C12H9N3O2. The first-order valence-corrected chi connectivity index (χ1v) is 4.99. The second kappa shape index (κ2) is 4.49. The molecule has 1 aromatic heterocycles. The first kappa shape index (κ1) is 10.9. The molecule has 0 spiro atoms. The Labute approximate surface area is 96.6 Å². The standard InChI is InChI=1S/C12H9N3O2/c13-7-9-3-1-2-4-10(9)8-15-11(16)5-6-14-12(15)17/h1-6H,8H2,(H,14,17). The van der Waals surface area contributed by atoms with Gasteiger partial charge in [-0.25, -0.2) is 4.79 Å². The molecule has 0 bridgehead atoms. The summed E-state index contributed by atoms with van der Waals surface area (Å²) in [5, 5.41) is 8.91. The quantitative estimate of drug-likeness (QED) is 0.809. The molecule has 0 aliphatic carbocycles. The molecule has 1 N–H and O–H groups in total. The largest absolute Gasteiger partial charge is 0.328 e. The van der Waals surface area contributed by atoms with Crippen LogP contribution in [0.5, 0.6) is 0 Å². The van der Waals surface area contributed by atoms with Gasteiger partial charge in [0.25, 0.3) is 5.56 Å². The Morgan fingerprint density at radius 2 is 2.00 bits per heavy atom. The van der Waals surface area contributed by atoms with E-state index < -0.39 is 5.69 Å². The number of hydrogen-bond donors (Lipinski definition) is 1. The number of aromatic amines is 1. The lowest BCUT2D eigenvalue weighted by Gasteiger charge is -2.05. The van der Waals surface area contributed by atoms with Crippen LogP contribution in [0.1, 0.15) is 11.1 Å². The van der Waals surface area contributed by atoms with Crippen molar-refractivity contribution in [3.8, 4) is 6.07 Å². The smallest absolute Gasteiger partial charge is 0.314 e. The summed E-state index contributed by atoms with van der Waals surface area (Å²) in [7, 11) is 0. The molecule has 0 amide bonds. The molecule has 0 unspecified atom stereocenters. The number of nitrogens with zero attached hydrogens (tertiary/aromatic N) is 2. The lowest BCUT2D eigenvalue weighted by Crippen LogP contribution is -2.34. The lowest BCUT2D eigenvalue weighted by molar-refractivity contribution is 0.698. The number of nitrogens with one attached hydrogen (secondary N) is 1. The highest BCUT2D eigenvalue weighted by molar-refractivity contribution is 5.37. The molecule has 0 fully saturated rings. The van der Waals surface area contributed by atoms with Crippen LogP contribution in [0.15, 0.2) is 46.1 Å². The van der Waals surface area contributed by atoms with E-state index in [0.29, 0.717) is 11.1 Å². The van der Waals surface area contributed by atoms with Gasteiger partial charge in [-0.05, 0) is 11.6 Å². The van der Waals surface area contributed by atoms with Crippen molar-refractivity contribution >= 4 is 0 Å². The van der Waals surface area contributed by atoms with E-state index in [1.165, 1.54) is 12.3 Å². The Morgan fingerprint density at radius 3 is 2.71 bits per heavy atom. The van der Waals surface area contributed by atoms with Crippen molar-refractivity contribution in [1.29, 1.82) is 5.26 Å². The van der Waals surface area contributed by atoms with E-state index >= 15 is 0 Å². The number of nitriles is 1. The summed E-state index contributed by atoms with van der Waals surface area (Å²) in [6, 6.07) is 10.2. The minimum absolute atomic E-state index is 0.0960. The maximum atomic E-state index is 11.5. The normalized spacial score (nSPS) is 9.82. The maximum Gasteiger partial charge on any atom is 0.328 e. The van der Waals surface area contributed by atoms with E-state index in [-0.39, 0.29) is 12.1 Å². The first-order valence-electron chi connectivity index (χ1n) is 4.99. The molecular weight excluding hydrogens is 218 g/mol. The van der Waals surface area contributed by atoms with Crippen LogP contribution in [0.4, 0.5) is 0 Å². The average Bonchev–Trinajstić information content (AvgIpc) is 2.34. The third-order valence-electron chi connectivity index (χ3n) is 2.41. The number of rotatable bonds is 2. The van der Waals surface area contributed by atoms with Gasteiger partial charge < -0.3 is 4.98 Å². The fourth-order valence-electron chi connectivity index (χ4n) is 1.54. The molecule has 0 saturated carbocycles. The van der Waals surface area contributed by atoms with Crippen molar-refractivity contribution in [2.24, 2.45) is 0 Å². The Kier molecular flexibility index (Phi) is 2.88. The topological polar surface area (TPSA) is 78.7 Å². The average molecular weight is 227 g/mol. The van der Waals surface area contributed by atoms with Crippen molar-refractivity contribution in [1.82, 2.24) is 9.55 Å². The van der Waals surface area contributed by atoms with Crippen molar-refractivity contribution < 1.29 is 0 Å². The van der Waals surface area contributed by atoms with E-state index in [1.54, 1.807) is 24.3 Å². The zero-order chi connectivity index (χ0) is 12.3. The Hall–Kier alpha value is -2.61. The molecule has 0 aliphatic heterocycles. The second-order valence-corrected chi connectivity index (χ2v) is 3.48. The molecule has 2 rings (SSSR count). The summed E-state index contributed by atoms with van der Waals surface area (Å²) in [5.74, 6) is 0. The second-order valence-electron chi connectivity index (χ2n) is 3.48. The highest BCUT2D eigenvalue weighted by Gasteiger charge is 2.05. The third-order valence-corrected chi connectivity index (χ3v) is 2.41. The van der Waals surface area contributed by atoms with Crippen LogP contribution >= 0.6 is 0 Å². The van der Waals surface area contributed by atoms with Gasteiger partial charge in [0.2, 0.25) is 0 Å². The van der Waals surface area contributed by atoms with Gasteiger partial charge in [-0.1, -0.05) is 18.2 Å². The highest BCUT2D eigenvalue weighted by Crippen LogP contribution is 2.07. The fraction of sp³-hybridized carbons (Fsp3) is 0.0833. The molecule has 17 heavy (non-hydrogen) atoms. The molecule has 84 valence electrons. The minimum Gasteiger partial charge on any atom is -0.314 e. The van der Waals surface area contributed by atoms with E-state index in [1.807, 2.05) is 6.07 Å². The SMILES string of the molecule is N#Cc1ccccc1Cn1c(=O)cc[nH]c1=O. The van der Waals surface area contributed by atoms with Gasteiger partial charge >= 0.3 is 5.69 Å². The van der Waals surface area contributed by atoms with Gasteiger partial charge in [0.05, 0.1) is 18.2 Å². The molecule has 0 radical (unpaired) electrons. The summed E-state index contributed by atoms with van der Waals surface area (Å²) in [5.41, 5.74) is 0.239. The zero-order valence-corrected chi connectivity index (χ0v) is 8.88. The van der Waals surface area contributed by atoms with Crippen LogP contribution in [0.25, 0.3) is 0 Å². The third kappa shape index (κ3) is 2.16. The molecule has 5 heteroatoms. The number of aromatic nitrogens is 2. The molecule has 0 saturated heterocycles. The monoisotopic (exact) mass is 227 g/mol. The Balaban J connectivity index is 2.50. The number of hydrogen-bond acceptors (Lipinski definition) is 3. The van der Waals surface area contributed by atoms with Gasteiger partial charge in [-0.3, -0.25) is 9.36 Å². The summed E-state index contributed by atoms with van der Waals surface area (Å²) in [6.45, 7) is 0.0960. The Morgan fingerprint density at radius 1 is 1.24 bits per heavy atom. The summed E-state index contributed by atoms with van der Waals surface area (Å²) >= 11 is 0. The van der Waals surface area contributed by atoms with Gasteiger partial charge in [-0.15, -0.1) is 0 Å². The molecule has 1 heterocycles. The van der Waals surface area contributed by atoms with Crippen LogP contribution in [0, 0.1) is 11.3 Å². The van der Waals surface area contributed by atoms with Crippen LogP contribution in [-0.2, 0) is 6.54 Å². The van der Waals surface area contributed by atoms with Crippen molar-refractivity contribution in [2.45, 2.75) is 6.54 Å². The van der Waals surface area contributed by atoms with Crippen molar-refractivity contribution in [3.63, 3.8) is 0 Å². The van der Waals surface area contributed by atoms with Gasteiger partial charge in [0, 0.05) is 12.3 Å². The Bertz CT molecular complexity index is 663. The van der Waals surface area contributed by atoms with Gasteiger partial charge in [0.1, 0.15) is 0 Å². The van der Waals surface area contributed by atoms with E-state index in [4.69, 9.17) is 5.26 Å². The first-order chi connectivity index (χ1) is 8.22. The van der Waals surface area contributed by atoms with E-state index in [0.717, 1.165) is 4.57 Å². The van der Waals surface area contributed by atoms with Crippen molar-refractivity contribution in [3.05, 3.63) is 68.5 Å². The van der Waals surface area contributed by atoms with E-state index in [9.17, 15) is 9.59 Å². The lowest BCUT2D eigenvalue weighted by atomic mass is 10.1. The molecule has 2 aromatic rings. The summed E-state index contributed by atoms with van der Waals surface area (Å²) in [4.78, 5) is 25.4. The number of benzene rings is 1.